The van der Waals surface area contributed by atoms with Gasteiger partial charge in [-0.1, -0.05) is 13.8 Å². The highest BCUT2D eigenvalue weighted by Crippen LogP contribution is 2.10. The molecule has 0 aromatic carbocycles. The molecule has 0 fully saturated rings. The molecule has 0 aromatic heterocycles. The second-order valence-electron chi connectivity index (χ2n) is 1.88. The van der Waals surface area contributed by atoms with Crippen LogP contribution in [0.25, 0.3) is 0 Å². The van der Waals surface area contributed by atoms with Gasteiger partial charge in [-0.2, -0.15) is 0 Å². The lowest BCUT2D eigenvalue weighted by Gasteiger charge is -2.05. The Morgan fingerprint density at radius 3 is 2.62 bits per heavy atom. The Labute approximate surface area is 56.2 Å². The number of rotatable bonds is 4. The largest absolute Gasteiger partial charge is 0.311 e. The number of hydrogen-bond acceptors (Lipinski definition) is 2. The summed E-state index contributed by atoms with van der Waals surface area (Å²) in [6.45, 7) is 4.47. The van der Waals surface area contributed by atoms with Crippen molar-refractivity contribution in [3.63, 3.8) is 0 Å². The van der Waals surface area contributed by atoms with Gasteiger partial charge in [-0.05, 0) is 13.5 Å². The van der Waals surface area contributed by atoms with Crippen molar-refractivity contribution in [1.29, 1.82) is 0 Å². The zero-order valence-corrected chi connectivity index (χ0v) is 6.72. The fourth-order valence-electron chi connectivity index (χ4n) is 0.343. The lowest BCUT2D eigenvalue weighted by molar-refractivity contribution is 0.892. The second-order valence-corrected chi connectivity index (χ2v) is 3.31. The molecule has 0 saturated heterocycles. The molecule has 0 bridgehead atoms. The van der Waals surface area contributed by atoms with Gasteiger partial charge in [-0.25, -0.2) is 0 Å². The summed E-state index contributed by atoms with van der Waals surface area (Å²) >= 11 is 1.97. The average molecular weight is 133 g/mol. The highest BCUT2D eigenvalue weighted by Gasteiger charge is 1.94. The normalized spacial score (nSPS) is 13.9. The number of hydrogen-bond donors (Lipinski definition) is 1. The van der Waals surface area contributed by atoms with E-state index in [1.165, 1.54) is 6.42 Å². The molecule has 0 radical (unpaired) electrons. The molecule has 0 aliphatic carbocycles. The molecule has 0 rings (SSSR count). The summed E-state index contributed by atoms with van der Waals surface area (Å²) in [6.07, 6.45) is 1.27. The predicted octanol–water partition coefficient (Wildman–Crippen LogP) is 1.69. The smallest absolute Gasteiger partial charge is 0.0418 e. The first-order valence-corrected chi connectivity index (χ1v) is 4.12. The lowest BCUT2D eigenvalue weighted by atomic mass is 10.4. The van der Waals surface area contributed by atoms with E-state index < -0.39 is 0 Å². The molecule has 8 heavy (non-hydrogen) atoms. The molecular formula is C6H15NS. The van der Waals surface area contributed by atoms with Crippen LogP contribution in [0.15, 0.2) is 0 Å². The van der Waals surface area contributed by atoms with Crippen LogP contribution in [0.3, 0.4) is 0 Å². The third-order valence-electron chi connectivity index (χ3n) is 1.09. The van der Waals surface area contributed by atoms with Crippen molar-refractivity contribution in [3.05, 3.63) is 0 Å². The minimum atomic E-state index is 0.808. The Kier molecular flexibility index (Phi) is 5.66. The van der Waals surface area contributed by atoms with E-state index in [4.69, 9.17) is 0 Å². The lowest BCUT2D eigenvalue weighted by Crippen LogP contribution is -2.07. The monoisotopic (exact) mass is 133 g/mol. The molecule has 0 unspecified atom stereocenters. The molecule has 50 valence electrons. The number of thioether (sulfide) groups is 1. The average Bonchev–Trinajstić information content (AvgIpc) is 1.83. The first-order valence-electron chi connectivity index (χ1n) is 3.07. The Morgan fingerprint density at radius 2 is 2.25 bits per heavy atom. The summed E-state index contributed by atoms with van der Waals surface area (Å²) in [6, 6.07) is 0. The molecule has 0 aliphatic rings. The second kappa shape index (κ2) is 5.45. The minimum Gasteiger partial charge on any atom is -0.311 e. The van der Waals surface area contributed by atoms with Crippen LogP contribution in [-0.2, 0) is 0 Å². The summed E-state index contributed by atoms with van der Waals surface area (Å²) in [5.74, 6) is 1.08. The summed E-state index contributed by atoms with van der Waals surface area (Å²) in [4.78, 5) is 0. The topological polar surface area (TPSA) is 12.0 Å². The Balaban J connectivity index is 2.86. The molecule has 0 amide bonds. The van der Waals surface area contributed by atoms with Crippen LogP contribution in [-0.4, -0.2) is 18.2 Å². The van der Waals surface area contributed by atoms with E-state index in [0.717, 1.165) is 11.1 Å². The molecule has 1 N–H and O–H groups in total. The number of nitrogens with one attached hydrogen (secondary N) is 1. The molecule has 2 heteroatoms. The van der Waals surface area contributed by atoms with Gasteiger partial charge < -0.3 is 5.32 Å². The van der Waals surface area contributed by atoms with Gasteiger partial charge in [0.05, 0.1) is 0 Å². The molecule has 0 aliphatic heterocycles. The summed E-state index contributed by atoms with van der Waals surface area (Å²) in [7, 11) is 1.98. The van der Waals surface area contributed by atoms with E-state index in [9.17, 15) is 0 Å². The van der Waals surface area contributed by atoms with E-state index in [0.29, 0.717) is 0 Å². The van der Waals surface area contributed by atoms with Crippen molar-refractivity contribution in [1.82, 2.24) is 5.32 Å². The van der Waals surface area contributed by atoms with Gasteiger partial charge >= 0.3 is 0 Å². The standard InChI is InChI=1S/C6H15NS/c1-4-6(2)8-5-7-3/h6-7H,4-5H2,1-3H3/t6-/m0/s1. The molecule has 0 aromatic rings. The van der Waals surface area contributed by atoms with Crippen molar-refractivity contribution in [2.45, 2.75) is 25.5 Å². The van der Waals surface area contributed by atoms with Gasteiger partial charge in [0.1, 0.15) is 0 Å². The van der Waals surface area contributed by atoms with E-state index in [1.54, 1.807) is 0 Å². The minimum absolute atomic E-state index is 0.808. The van der Waals surface area contributed by atoms with Crippen molar-refractivity contribution < 1.29 is 0 Å². The van der Waals surface area contributed by atoms with Crippen LogP contribution < -0.4 is 5.32 Å². The van der Waals surface area contributed by atoms with Gasteiger partial charge in [0, 0.05) is 11.1 Å². The zero-order chi connectivity index (χ0) is 6.41. The van der Waals surface area contributed by atoms with Gasteiger partial charge in [0.15, 0.2) is 0 Å². The van der Waals surface area contributed by atoms with Gasteiger partial charge in [0.2, 0.25) is 0 Å². The summed E-state index contributed by atoms with van der Waals surface area (Å²) < 4.78 is 0. The Morgan fingerprint density at radius 1 is 1.62 bits per heavy atom. The molecule has 0 heterocycles. The van der Waals surface area contributed by atoms with Crippen molar-refractivity contribution >= 4 is 11.8 Å². The van der Waals surface area contributed by atoms with Gasteiger partial charge in [-0.3, -0.25) is 0 Å². The van der Waals surface area contributed by atoms with E-state index >= 15 is 0 Å². The van der Waals surface area contributed by atoms with Crippen molar-refractivity contribution in [3.8, 4) is 0 Å². The SMILES string of the molecule is CC[C@H](C)SCNC. The fourth-order valence-corrected chi connectivity index (χ4v) is 1.03. The van der Waals surface area contributed by atoms with Crippen LogP contribution in [0.5, 0.6) is 0 Å². The van der Waals surface area contributed by atoms with Crippen LogP contribution in [0.1, 0.15) is 20.3 Å². The predicted molar refractivity (Wildman–Crippen MR) is 41.3 cm³/mol. The van der Waals surface area contributed by atoms with Crippen LogP contribution >= 0.6 is 11.8 Å². The molecular weight excluding hydrogens is 118 g/mol. The maximum atomic E-state index is 3.10. The Bertz CT molecular complexity index is 47.8. The maximum absolute atomic E-state index is 3.10. The quantitative estimate of drug-likeness (QED) is 0.586. The zero-order valence-electron chi connectivity index (χ0n) is 5.90. The van der Waals surface area contributed by atoms with Crippen LogP contribution in [0.4, 0.5) is 0 Å². The van der Waals surface area contributed by atoms with Gasteiger partial charge in [-0.15, -0.1) is 11.8 Å². The molecule has 0 spiro atoms. The van der Waals surface area contributed by atoms with E-state index in [-0.39, 0.29) is 0 Å². The van der Waals surface area contributed by atoms with Crippen LogP contribution in [0.2, 0.25) is 0 Å². The molecule has 1 nitrogen and oxygen atoms in total. The van der Waals surface area contributed by atoms with E-state index in [2.05, 4.69) is 19.2 Å². The van der Waals surface area contributed by atoms with E-state index in [1.807, 2.05) is 18.8 Å². The van der Waals surface area contributed by atoms with Crippen LogP contribution in [0, 0.1) is 0 Å². The Hall–Kier alpha value is 0.310. The molecule has 1 atom stereocenters. The summed E-state index contributed by atoms with van der Waals surface area (Å²) in [5, 5.41) is 3.90. The van der Waals surface area contributed by atoms with Crippen molar-refractivity contribution in [2.75, 3.05) is 12.9 Å². The molecule has 0 saturated carbocycles. The highest BCUT2D eigenvalue weighted by atomic mass is 32.2. The third-order valence-corrected chi connectivity index (χ3v) is 2.44. The third kappa shape index (κ3) is 4.47. The van der Waals surface area contributed by atoms with Crippen molar-refractivity contribution in [2.24, 2.45) is 0 Å². The fraction of sp³-hybridized carbons (Fsp3) is 1.00. The summed E-state index contributed by atoms with van der Waals surface area (Å²) in [5.41, 5.74) is 0. The highest BCUT2D eigenvalue weighted by molar-refractivity contribution is 7.99. The maximum Gasteiger partial charge on any atom is 0.0418 e. The first-order chi connectivity index (χ1) is 3.81. The first kappa shape index (κ1) is 8.31. The van der Waals surface area contributed by atoms with Gasteiger partial charge in [0.25, 0.3) is 0 Å².